The Morgan fingerprint density at radius 2 is 1.54 bits per heavy atom. The molecule has 0 aliphatic carbocycles. The molecule has 4 heteroatoms. The lowest BCUT2D eigenvalue weighted by atomic mass is 9.78. The van der Waals surface area contributed by atoms with Gasteiger partial charge in [0.15, 0.2) is 0 Å². The van der Waals surface area contributed by atoms with Crippen molar-refractivity contribution in [2.24, 2.45) is 11.8 Å². The highest BCUT2D eigenvalue weighted by molar-refractivity contribution is 5.93. The van der Waals surface area contributed by atoms with Gasteiger partial charge in [0, 0.05) is 17.9 Å². The number of nitrogen functional groups attached to an aromatic ring is 1. The van der Waals surface area contributed by atoms with Gasteiger partial charge in [-0.15, -0.1) is 0 Å². The van der Waals surface area contributed by atoms with Crippen LogP contribution in [0.3, 0.4) is 0 Å². The maximum atomic E-state index is 12.6. The van der Waals surface area contributed by atoms with Gasteiger partial charge in [0.05, 0.1) is 5.92 Å². The highest BCUT2D eigenvalue weighted by Crippen LogP contribution is 2.33. The quantitative estimate of drug-likeness (QED) is 0.854. The average Bonchev–Trinajstić information content (AvgIpc) is 2.64. The fourth-order valence-electron chi connectivity index (χ4n) is 3.92. The number of nitrogens with two attached hydrogens (primary N) is 1. The van der Waals surface area contributed by atoms with Crippen molar-refractivity contribution >= 4 is 17.3 Å². The largest absolute Gasteiger partial charge is 0.399 e. The minimum atomic E-state index is 0.143. The van der Waals surface area contributed by atoms with E-state index in [2.05, 4.69) is 10.2 Å². The van der Waals surface area contributed by atoms with E-state index in [9.17, 15) is 4.79 Å². The summed E-state index contributed by atoms with van der Waals surface area (Å²) in [5.41, 5.74) is 9.61. The number of rotatable bonds is 3. The molecule has 2 bridgehead atoms. The molecule has 5 rings (SSSR count). The zero-order valence-electron chi connectivity index (χ0n) is 13.7. The van der Waals surface area contributed by atoms with Gasteiger partial charge in [0.25, 0.3) is 0 Å². The first-order valence-corrected chi connectivity index (χ1v) is 8.68. The van der Waals surface area contributed by atoms with Crippen LogP contribution in [0.5, 0.6) is 0 Å². The Morgan fingerprint density at radius 1 is 0.958 bits per heavy atom. The van der Waals surface area contributed by atoms with Crippen molar-refractivity contribution in [3.8, 4) is 11.1 Å². The molecule has 0 saturated carbocycles. The number of piperidine rings is 3. The zero-order chi connectivity index (χ0) is 16.5. The van der Waals surface area contributed by atoms with Crippen LogP contribution in [0.15, 0.2) is 48.5 Å². The standard InChI is InChI=1S/C20H23N3O/c21-17-5-1-14(2-6-17)15-3-7-18(8-4-15)22-20(24)19-13-23-11-9-16(19)10-12-23/h1-8,16,19H,9-13,21H2,(H,22,24). The monoisotopic (exact) mass is 321 g/mol. The molecule has 0 radical (unpaired) electrons. The van der Waals surface area contributed by atoms with E-state index in [1.807, 2.05) is 48.5 Å². The molecule has 3 aliphatic rings. The Bertz CT molecular complexity index is 716. The summed E-state index contributed by atoms with van der Waals surface area (Å²) < 4.78 is 0. The van der Waals surface area contributed by atoms with E-state index >= 15 is 0 Å². The van der Waals surface area contributed by atoms with E-state index in [1.54, 1.807) is 0 Å². The molecule has 2 aromatic rings. The number of nitrogens with zero attached hydrogens (tertiary/aromatic N) is 1. The van der Waals surface area contributed by atoms with Crippen LogP contribution in [-0.2, 0) is 4.79 Å². The summed E-state index contributed by atoms with van der Waals surface area (Å²) in [4.78, 5) is 15.0. The van der Waals surface area contributed by atoms with E-state index in [4.69, 9.17) is 5.73 Å². The second kappa shape index (κ2) is 6.29. The molecule has 124 valence electrons. The molecular weight excluding hydrogens is 298 g/mol. The third-order valence-corrected chi connectivity index (χ3v) is 5.39. The predicted molar refractivity (Wildman–Crippen MR) is 97.6 cm³/mol. The number of nitrogens with one attached hydrogen (secondary N) is 1. The van der Waals surface area contributed by atoms with Gasteiger partial charge in [-0.3, -0.25) is 4.79 Å². The Morgan fingerprint density at radius 3 is 2.08 bits per heavy atom. The lowest BCUT2D eigenvalue weighted by molar-refractivity contribution is -0.125. The van der Waals surface area contributed by atoms with Crippen molar-refractivity contribution in [1.82, 2.24) is 4.90 Å². The van der Waals surface area contributed by atoms with Crippen LogP contribution in [-0.4, -0.2) is 30.4 Å². The molecular formula is C20H23N3O. The van der Waals surface area contributed by atoms with Crippen LogP contribution in [0.25, 0.3) is 11.1 Å². The zero-order valence-corrected chi connectivity index (χ0v) is 13.7. The van der Waals surface area contributed by atoms with Crippen LogP contribution in [0.4, 0.5) is 11.4 Å². The summed E-state index contributed by atoms with van der Waals surface area (Å²) in [7, 11) is 0. The molecule has 0 spiro atoms. The fourth-order valence-corrected chi connectivity index (χ4v) is 3.92. The molecule has 1 unspecified atom stereocenters. The summed E-state index contributed by atoms with van der Waals surface area (Å²) in [6.45, 7) is 3.23. The molecule has 3 N–H and O–H groups in total. The third-order valence-electron chi connectivity index (χ3n) is 5.39. The fraction of sp³-hybridized carbons (Fsp3) is 0.350. The minimum Gasteiger partial charge on any atom is -0.399 e. The number of anilines is 2. The van der Waals surface area contributed by atoms with Crippen molar-refractivity contribution < 1.29 is 4.79 Å². The summed E-state index contributed by atoms with van der Waals surface area (Å²) in [6.07, 6.45) is 2.32. The van der Waals surface area contributed by atoms with E-state index in [1.165, 1.54) is 0 Å². The molecule has 1 amide bonds. The van der Waals surface area contributed by atoms with Crippen LogP contribution in [0.2, 0.25) is 0 Å². The molecule has 3 heterocycles. The van der Waals surface area contributed by atoms with Gasteiger partial charge < -0.3 is 16.0 Å². The number of amides is 1. The number of benzene rings is 2. The van der Waals surface area contributed by atoms with E-state index < -0.39 is 0 Å². The molecule has 3 aliphatic heterocycles. The third kappa shape index (κ3) is 3.02. The summed E-state index contributed by atoms with van der Waals surface area (Å²) in [6, 6.07) is 15.9. The van der Waals surface area contributed by atoms with Crippen molar-refractivity contribution in [2.45, 2.75) is 12.8 Å². The number of carbonyl (C=O) groups is 1. The van der Waals surface area contributed by atoms with Crippen molar-refractivity contribution in [3.63, 3.8) is 0 Å². The molecule has 4 nitrogen and oxygen atoms in total. The lowest BCUT2D eigenvalue weighted by Crippen LogP contribution is -2.51. The molecule has 3 fully saturated rings. The summed E-state index contributed by atoms with van der Waals surface area (Å²) >= 11 is 0. The van der Waals surface area contributed by atoms with Crippen molar-refractivity contribution in [1.29, 1.82) is 0 Å². The van der Waals surface area contributed by atoms with Crippen molar-refractivity contribution in [2.75, 3.05) is 30.7 Å². The second-order valence-corrected chi connectivity index (χ2v) is 6.93. The normalized spacial score (nSPS) is 25.4. The van der Waals surface area contributed by atoms with Crippen LogP contribution in [0, 0.1) is 11.8 Å². The Hall–Kier alpha value is -2.33. The first-order valence-electron chi connectivity index (χ1n) is 8.68. The first kappa shape index (κ1) is 15.2. The van der Waals surface area contributed by atoms with Crippen LogP contribution >= 0.6 is 0 Å². The van der Waals surface area contributed by atoms with Gasteiger partial charge in [-0.05, 0) is 67.2 Å². The molecule has 24 heavy (non-hydrogen) atoms. The SMILES string of the molecule is Nc1ccc(-c2ccc(NC(=O)C3CN4CCC3CC4)cc2)cc1. The van der Waals surface area contributed by atoms with E-state index in [0.717, 1.165) is 55.0 Å². The number of carbonyl (C=O) groups excluding carboxylic acids is 1. The van der Waals surface area contributed by atoms with E-state index in [-0.39, 0.29) is 11.8 Å². The number of hydrogen-bond acceptors (Lipinski definition) is 3. The van der Waals surface area contributed by atoms with Gasteiger partial charge in [-0.1, -0.05) is 24.3 Å². The number of fused-ring (bicyclic) bond motifs is 3. The maximum absolute atomic E-state index is 12.6. The van der Waals surface area contributed by atoms with E-state index in [0.29, 0.717) is 5.92 Å². The van der Waals surface area contributed by atoms with Gasteiger partial charge in [0.2, 0.25) is 5.91 Å². The minimum absolute atomic E-state index is 0.143. The molecule has 0 aromatic heterocycles. The van der Waals surface area contributed by atoms with Gasteiger partial charge >= 0.3 is 0 Å². The Labute approximate surface area is 142 Å². The topological polar surface area (TPSA) is 58.4 Å². The maximum Gasteiger partial charge on any atom is 0.229 e. The van der Waals surface area contributed by atoms with Gasteiger partial charge in [-0.25, -0.2) is 0 Å². The van der Waals surface area contributed by atoms with Gasteiger partial charge in [0.1, 0.15) is 0 Å². The Kier molecular flexibility index (Phi) is 3.98. The molecule has 2 aromatic carbocycles. The van der Waals surface area contributed by atoms with Gasteiger partial charge in [-0.2, -0.15) is 0 Å². The smallest absolute Gasteiger partial charge is 0.229 e. The first-order chi connectivity index (χ1) is 11.7. The second-order valence-electron chi connectivity index (χ2n) is 6.93. The summed E-state index contributed by atoms with van der Waals surface area (Å²) in [5.74, 6) is 0.873. The average molecular weight is 321 g/mol. The van der Waals surface area contributed by atoms with Crippen LogP contribution < -0.4 is 11.1 Å². The lowest BCUT2D eigenvalue weighted by Gasteiger charge is -2.43. The highest BCUT2D eigenvalue weighted by Gasteiger charge is 2.38. The molecule has 3 saturated heterocycles. The van der Waals surface area contributed by atoms with Crippen LogP contribution in [0.1, 0.15) is 12.8 Å². The predicted octanol–water partition coefficient (Wildman–Crippen LogP) is 3.22. The number of hydrogen-bond donors (Lipinski definition) is 2. The van der Waals surface area contributed by atoms with Crippen molar-refractivity contribution in [3.05, 3.63) is 48.5 Å². The summed E-state index contributed by atoms with van der Waals surface area (Å²) in [5, 5.41) is 3.10. The Balaban J connectivity index is 1.43. The molecule has 1 atom stereocenters. The highest BCUT2D eigenvalue weighted by atomic mass is 16.1.